The molecule has 1 aromatic heterocycles. The van der Waals surface area contributed by atoms with Crippen molar-refractivity contribution in [3.05, 3.63) is 51.1 Å². The molecule has 2 heterocycles. The quantitative estimate of drug-likeness (QED) is 0.331. The topological polar surface area (TPSA) is 36.9 Å². The molecule has 7 heteroatoms. The largest absolute Gasteiger partial charge is 0.490 e. The molecular formula is C19H25BrIN3OS. The maximum absolute atomic E-state index is 6.07. The summed E-state index contributed by atoms with van der Waals surface area (Å²) in [5.74, 6) is 1.96. The first-order valence-electron chi connectivity index (χ1n) is 8.66. The van der Waals surface area contributed by atoms with E-state index in [1.807, 2.05) is 37.4 Å². The van der Waals surface area contributed by atoms with Crippen LogP contribution in [0.4, 0.5) is 0 Å². The lowest BCUT2D eigenvalue weighted by atomic mass is 10.1. The number of nitrogens with zero attached hydrogens (tertiary/aromatic N) is 2. The van der Waals surface area contributed by atoms with Crippen LogP contribution in [0, 0.1) is 0 Å². The Kier molecular flexibility index (Phi) is 9.21. The molecule has 26 heavy (non-hydrogen) atoms. The molecule has 2 aromatic rings. The average Bonchev–Trinajstić information content (AvgIpc) is 3.06. The molecule has 0 radical (unpaired) electrons. The van der Waals surface area contributed by atoms with E-state index in [9.17, 15) is 0 Å². The molecule has 0 saturated carbocycles. The van der Waals surface area contributed by atoms with Gasteiger partial charge in [-0.25, -0.2) is 0 Å². The molecule has 0 aliphatic carbocycles. The third-order valence-corrected chi connectivity index (χ3v) is 5.97. The van der Waals surface area contributed by atoms with Crippen molar-refractivity contribution in [3.8, 4) is 5.75 Å². The van der Waals surface area contributed by atoms with E-state index in [0.29, 0.717) is 6.10 Å². The van der Waals surface area contributed by atoms with Gasteiger partial charge in [0, 0.05) is 44.4 Å². The van der Waals surface area contributed by atoms with Crippen LogP contribution in [-0.4, -0.2) is 43.6 Å². The van der Waals surface area contributed by atoms with Crippen molar-refractivity contribution in [2.75, 3.05) is 26.7 Å². The highest BCUT2D eigenvalue weighted by Gasteiger charge is 2.22. The molecule has 4 nitrogen and oxygen atoms in total. The number of guanidine groups is 1. The molecule has 1 aliphatic rings. The van der Waals surface area contributed by atoms with E-state index in [1.54, 1.807) is 11.3 Å². The van der Waals surface area contributed by atoms with Crippen molar-refractivity contribution in [3.63, 3.8) is 0 Å². The van der Waals surface area contributed by atoms with Gasteiger partial charge in [0.05, 0.1) is 3.79 Å². The molecule has 1 N–H and O–H groups in total. The maximum atomic E-state index is 6.07. The van der Waals surface area contributed by atoms with E-state index in [1.165, 1.54) is 8.66 Å². The highest BCUT2D eigenvalue weighted by atomic mass is 127. The van der Waals surface area contributed by atoms with Gasteiger partial charge in [0.1, 0.15) is 11.9 Å². The second kappa shape index (κ2) is 11.1. The van der Waals surface area contributed by atoms with E-state index in [-0.39, 0.29) is 24.0 Å². The van der Waals surface area contributed by atoms with Crippen LogP contribution in [0.3, 0.4) is 0 Å². The molecule has 1 saturated heterocycles. The van der Waals surface area contributed by atoms with E-state index in [2.05, 4.69) is 43.3 Å². The normalized spacial score (nSPS) is 15.5. The molecule has 0 amide bonds. The van der Waals surface area contributed by atoms with Crippen LogP contribution in [0.5, 0.6) is 5.75 Å². The Morgan fingerprint density at radius 3 is 2.58 bits per heavy atom. The maximum Gasteiger partial charge on any atom is 0.193 e. The van der Waals surface area contributed by atoms with Crippen LogP contribution in [0.1, 0.15) is 17.7 Å². The van der Waals surface area contributed by atoms with Gasteiger partial charge in [-0.2, -0.15) is 0 Å². The van der Waals surface area contributed by atoms with Gasteiger partial charge in [-0.15, -0.1) is 35.3 Å². The number of nitrogens with one attached hydrogen (secondary N) is 1. The van der Waals surface area contributed by atoms with E-state index in [4.69, 9.17) is 4.74 Å². The number of likely N-dealkylation sites (tertiary alicyclic amines) is 1. The van der Waals surface area contributed by atoms with Crippen LogP contribution >= 0.6 is 51.2 Å². The van der Waals surface area contributed by atoms with Crippen molar-refractivity contribution in [1.82, 2.24) is 10.2 Å². The molecule has 3 rings (SSSR count). The van der Waals surface area contributed by atoms with Crippen molar-refractivity contribution < 1.29 is 4.74 Å². The predicted octanol–water partition coefficient (Wildman–Crippen LogP) is 4.79. The summed E-state index contributed by atoms with van der Waals surface area (Å²) in [6, 6.07) is 14.4. The standard InChI is InChI=1S/C19H24BrN3OS.HI/c1-21-19(22-12-9-17-7-8-18(20)25-17)23-13-10-16(11-14-23)24-15-5-3-2-4-6-15;/h2-8,16H,9-14H2,1H3,(H,21,22);1H. The van der Waals surface area contributed by atoms with Crippen LogP contribution in [-0.2, 0) is 6.42 Å². The highest BCUT2D eigenvalue weighted by molar-refractivity contribution is 14.0. The monoisotopic (exact) mass is 549 g/mol. The van der Waals surface area contributed by atoms with E-state index >= 15 is 0 Å². The first-order valence-corrected chi connectivity index (χ1v) is 10.3. The molecule has 0 spiro atoms. The molecule has 1 fully saturated rings. The zero-order valence-electron chi connectivity index (χ0n) is 14.9. The van der Waals surface area contributed by atoms with Crippen LogP contribution < -0.4 is 10.1 Å². The SMILES string of the molecule is CN=C(NCCc1ccc(Br)s1)N1CCC(Oc2ccccc2)CC1.I. The van der Waals surface area contributed by atoms with E-state index < -0.39 is 0 Å². The minimum absolute atomic E-state index is 0. The summed E-state index contributed by atoms with van der Waals surface area (Å²) in [6.07, 6.45) is 3.35. The van der Waals surface area contributed by atoms with E-state index in [0.717, 1.165) is 50.6 Å². The van der Waals surface area contributed by atoms with Crippen molar-refractivity contribution in [2.24, 2.45) is 4.99 Å². The number of hydrogen-bond donors (Lipinski definition) is 1. The van der Waals surface area contributed by atoms with Gasteiger partial charge in [0.25, 0.3) is 0 Å². The summed E-state index contributed by atoms with van der Waals surface area (Å²) in [7, 11) is 1.86. The summed E-state index contributed by atoms with van der Waals surface area (Å²) in [4.78, 5) is 8.15. The zero-order chi connectivity index (χ0) is 17.5. The fourth-order valence-electron chi connectivity index (χ4n) is 2.99. The Hall–Kier alpha value is -0.800. The first-order chi connectivity index (χ1) is 12.2. The van der Waals surface area contributed by atoms with Gasteiger partial charge in [0.15, 0.2) is 5.96 Å². The average molecular weight is 550 g/mol. The predicted molar refractivity (Wildman–Crippen MR) is 124 cm³/mol. The van der Waals surface area contributed by atoms with Gasteiger partial charge in [-0.1, -0.05) is 18.2 Å². The number of aliphatic imine (C=N–C) groups is 1. The lowest BCUT2D eigenvalue weighted by molar-refractivity contribution is 0.129. The lowest BCUT2D eigenvalue weighted by Crippen LogP contribution is -2.47. The molecule has 1 aromatic carbocycles. The van der Waals surface area contributed by atoms with Crippen molar-refractivity contribution in [1.29, 1.82) is 0 Å². The highest BCUT2D eigenvalue weighted by Crippen LogP contribution is 2.22. The minimum Gasteiger partial charge on any atom is -0.490 e. The second-order valence-electron chi connectivity index (χ2n) is 6.05. The fourth-order valence-corrected chi connectivity index (χ4v) is 4.48. The van der Waals surface area contributed by atoms with Crippen LogP contribution in [0.15, 0.2) is 51.2 Å². The molecule has 142 valence electrons. The summed E-state index contributed by atoms with van der Waals surface area (Å²) < 4.78 is 7.26. The van der Waals surface area contributed by atoms with Gasteiger partial charge in [-0.3, -0.25) is 4.99 Å². The lowest BCUT2D eigenvalue weighted by Gasteiger charge is -2.34. The first kappa shape index (κ1) is 21.5. The summed E-state index contributed by atoms with van der Waals surface area (Å²) >= 11 is 5.30. The number of rotatable bonds is 5. The Bertz CT molecular complexity index is 687. The number of piperidine rings is 1. The zero-order valence-corrected chi connectivity index (χ0v) is 19.6. The van der Waals surface area contributed by atoms with Gasteiger partial charge in [-0.05, 0) is 46.6 Å². The molecule has 1 aliphatic heterocycles. The number of halogens is 2. The van der Waals surface area contributed by atoms with Crippen LogP contribution in [0.25, 0.3) is 0 Å². The smallest absolute Gasteiger partial charge is 0.193 e. The second-order valence-corrected chi connectivity index (χ2v) is 8.59. The van der Waals surface area contributed by atoms with Crippen molar-refractivity contribution in [2.45, 2.75) is 25.4 Å². The summed E-state index contributed by atoms with van der Waals surface area (Å²) in [6.45, 7) is 2.85. The van der Waals surface area contributed by atoms with Crippen molar-refractivity contribution >= 4 is 57.2 Å². The van der Waals surface area contributed by atoms with Gasteiger partial charge in [0.2, 0.25) is 0 Å². The third-order valence-electron chi connectivity index (χ3n) is 4.28. The summed E-state index contributed by atoms with van der Waals surface area (Å²) in [5.41, 5.74) is 0. The number of hydrogen-bond acceptors (Lipinski definition) is 3. The Labute approximate surface area is 185 Å². The van der Waals surface area contributed by atoms with Gasteiger partial charge >= 0.3 is 0 Å². The Morgan fingerprint density at radius 2 is 1.96 bits per heavy atom. The van der Waals surface area contributed by atoms with Gasteiger partial charge < -0.3 is 15.0 Å². The minimum atomic E-state index is 0. The summed E-state index contributed by atoms with van der Waals surface area (Å²) in [5, 5.41) is 3.49. The molecule has 0 unspecified atom stereocenters. The fraction of sp³-hybridized carbons (Fsp3) is 0.421. The molecule has 0 atom stereocenters. The number of benzene rings is 1. The molecular weight excluding hydrogens is 525 g/mol. The Balaban J connectivity index is 0.00000243. The van der Waals surface area contributed by atoms with Crippen LogP contribution in [0.2, 0.25) is 0 Å². The number of thiophene rings is 1. The third kappa shape index (κ3) is 6.42. The Morgan fingerprint density at radius 1 is 1.23 bits per heavy atom. The number of para-hydroxylation sites is 1. The number of ether oxygens (including phenoxy) is 1. The molecule has 0 bridgehead atoms.